The van der Waals surface area contributed by atoms with Gasteiger partial charge in [-0.3, -0.25) is 9.69 Å². The molecule has 1 fully saturated rings. The van der Waals surface area contributed by atoms with E-state index in [1.165, 1.54) is 11.8 Å². The highest BCUT2D eigenvalue weighted by Crippen LogP contribution is 2.32. The smallest absolute Gasteiger partial charge is 0.242 e. The van der Waals surface area contributed by atoms with Crippen LogP contribution >= 0.6 is 11.8 Å². The van der Waals surface area contributed by atoms with E-state index >= 15 is 0 Å². The number of ether oxygens (including phenoxy) is 1. The van der Waals surface area contributed by atoms with Crippen LogP contribution in [0.3, 0.4) is 0 Å². The number of fused-ring (bicyclic) bond motifs is 1. The summed E-state index contributed by atoms with van der Waals surface area (Å²) < 4.78 is 5.35. The van der Waals surface area contributed by atoms with Gasteiger partial charge in [-0.25, -0.2) is 0 Å². The Labute approximate surface area is 180 Å². The van der Waals surface area contributed by atoms with Crippen LogP contribution in [0.2, 0.25) is 0 Å². The summed E-state index contributed by atoms with van der Waals surface area (Å²) in [5.74, 6) is 0.817. The fourth-order valence-electron chi connectivity index (χ4n) is 3.50. The van der Waals surface area contributed by atoms with Crippen LogP contribution in [0.1, 0.15) is 24.5 Å². The molecule has 3 aromatic carbocycles. The van der Waals surface area contributed by atoms with Crippen LogP contribution in [0.25, 0.3) is 10.8 Å². The van der Waals surface area contributed by atoms with Crippen molar-refractivity contribution < 1.29 is 9.53 Å². The molecule has 0 aromatic heterocycles. The molecule has 0 spiro atoms. The van der Waals surface area contributed by atoms with E-state index in [-0.39, 0.29) is 11.2 Å². The highest BCUT2D eigenvalue weighted by molar-refractivity contribution is 8.15. The number of benzene rings is 3. The lowest BCUT2D eigenvalue weighted by Gasteiger charge is -2.17. The van der Waals surface area contributed by atoms with Crippen LogP contribution in [0.5, 0.6) is 5.75 Å². The van der Waals surface area contributed by atoms with Gasteiger partial charge in [0, 0.05) is 5.56 Å². The van der Waals surface area contributed by atoms with E-state index in [4.69, 9.17) is 4.74 Å². The van der Waals surface area contributed by atoms with Crippen molar-refractivity contribution in [1.29, 1.82) is 0 Å². The highest BCUT2D eigenvalue weighted by Gasteiger charge is 2.37. The van der Waals surface area contributed by atoms with Gasteiger partial charge in [0.1, 0.15) is 5.75 Å². The third-order valence-corrected chi connectivity index (χ3v) is 6.41. The molecule has 4 rings (SSSR count). The van der Waals surface area contributed by atoms with Crippen molar-refractivity contribution in [1.82, 2.24) is 4.90 Å². The molecule has 0 N–H and O–H groups in total. The lowest BCUT2D eigenvalue weighted by atomic mass is 10.0. The van der Waals surface area contributed by atoms with Crippen molar-refractivity contribution in [2.75, 3.05) is 7.11 Å². The quantitative estimate of drug-likeness (QED) is 0.415. The third-order valence-electron chi connectivity index (χ3n) is 5.08. The van der Waals surface area contributed by atoms with Crippen molar-refractivity contribution >= 4 is 39.8 Å². The van der Waals surface area contributed by atoms with Gasteiger partial charge in [-0.05, 0) is 34.9 Å². The Hall–Kier alpha value is -3.12. The molecule has 1 aliphatic heterocycles. The number of nitrogens with zero attached hydrogens (tertiary/aromatic N) is 3. The SMILES string of the molecule is CCC1S/C(=N\N=C\c2ccccc2OC)N(Cc2cccc3ccccc23)C1=O. The highest BCUT2D eigenvalue weighted by atomic mass is 32.2. The van der Waals surface area contributed by atoms with Crippen LogP contribution in [0.4, 0.5) is 0 Å². The molecule has 1 atom stereocenters. The maximum atomic E-state index is 13.0. The first-order chi connectivity index (χ1) is 14.7. The minimum absolute atomic E-state index is 0.0849. The lowest BCUT2D eigenvalue weighted by Crippen LogP contribution is -2.31. The van der Waals surface area contributed by atoms with Crippen LogP contribution in [-0.2, 0) is 11.3 Å². The Balaban J connectivity index is 1.63. The van der Waals surface area contributed by atoms with Gasteiger partial charge < -0.3 is 4.74 Å². The number of thioether (sulfide) groups is 1. The number of amidine groups is 1. The first-order valence-corrected chi connectivity index (χ1v) is 10.8. The first-order valence-electron chi connectivity index (χ1n) is 9.90. The molecule has 5 nitrogen and oxygen atoms in total. The largest absolute Gasteiger partial charge is 0.496 e. The zero-order valence-electron chi connectivity index (χ0n) is 17.0. The summed E-state index contributed by atoms with van der Waals surface area (Å²) in [7, 11) is 1.63. The number of hydrogen-bond donors (Lipinski definition) is 0. The average molecular weight is 418 g/mol. The van der Waals surface area contributed by atoms with Crippen molar-refractivity contribution in [3.8, 4) is 5.75 Å². The molecule has 1 heterocycles. The Bertz CT molecular complexity index is 1120. The number of para-hydroxylation sites is 1. The molecule has 0 radical (unpaired) electrons. The van der Waals surface area contributed by atoms with Crippen LogP contribution in [0.15, 0.2) is 76.9 Å². The Morgan fingerprint density at radius 3 is 2.67 bits per heavy atom. The number of carbonyl (C=O) groups excluding carboxylic acids is 1. The summed E-state index contributed by atoms with van der Waals surface area (Å²) in [4.78, 5) is 14.7. The molecule has 0 aliphatic carbocycles. The molecular formula is C24H23N3O2S. The monoisotopic (exact) mass is 417 g/mol. The minimum Gasteiger partial charge on any atom is -0.496 e. The second-order valence-corrected chi connectivity index (χ2v) is 8.12. The van der Waals surface area contributed by atoms with Gasteiger partial charge in [-0.15, -0.1) is 5.10 Å². The summed E-state index contributed by atoms with van der Waals surface area (Å²) in [5.41, 5.74) is 1.94. The van der Waals surface area contributed by atoms with Gasteiger partial charge in [0.2, 0.25) is 5.91 Å². The van der Waals surface area contributed by atoms with E-state index in [0.29, 0.717) is 11.7 Å². The predicted octanol–water partition coefficient (Wildman–Crippen LogP) is 5.09. The Kier molecular flexibility index (Phi) is 6.14. The Morgan fingerprint density at radius 2 is 1.83 bits per heavy atom. The van der Waals surface area contributed by atoms with E-state index in [0.717, 1.165) is 34.1 Å². The molecule has 1 amide bonds. The zero-order valence-corrected chi connectivity index (χ0v) is 17.8. The molecular weight excluding hydrogens is 394 g/mol. The topological polar surface area (TPSA) is 54.3 Å². The lowest BCUT2D eigenvalue weighted by molar-refractivity contribution is -0.126. The van der Waals surface area contributed by atoms with Gasteiger partial charge in [0.05, 0.1) is 25.1 Å². The molecule has 3 aromatic rings. The summed E-state index contributed by atoms with van der Waals surface area (Å²) in [6.07, 6.45) is 2.41. The standard InChI is InChI=1S/C24H23N3O2S/c1-3-22-23(28)27(16-19-12-8-11-17-9-4-6-13-20(17)19)24(30-22)26-25-15-18-10-5-7-14-21(18)29-2/h4-15,22H,3,16H2,1-2H3/b25-15+,26-24-. The molecule has 1 aliphatic rings. The summed E-state index contributed by atoms with van der Waals surface area (Å²) in [6, 6.07) is 22.0. The number of amides is 1. The van der Waals surface area contributed by atoms with E-state index in [1.54, 1.807) is 18.2 Å². The fourth-order valence-corrected chi connectivity index (χ4v) is 4.53. The number of rotatable bonds is 6. The molecule has 6 heteroatoms. The zero-order chi connectivity index (χ0) is 20.9. The second kappa shape index (κ2) is 9.13. The van der Waals surface area contributed by atoms with Gasteiger partial charge in [0.25, 0.3) is 0 Å². The van der Waals surface area contributed by atoms with Gasteiger partial charge in [-0.2, -0.15) is 5.10 Å². The van der Waals surface area contributed by atoms with Gasteiger partial charge >= 0.3 is 0 Å². The van der Waals surface area contributed by atoms with Crippen LogP contribution in [0, 0.1) is 0 Å². The minimum atomic E-state index is -0.125. The van der Waals surface area contributed by atoms with E-state index < -0.39 is 0 Å². The van der Waals surface area contributed by atoms with E-state index in [1.807, 2.05) is 49.4 Å². The third kappa shape index (κ3) is 4.09. The molecule has 0 saturated carbocycles. The molecule has 0 bridgehead atoms. The summed E-state index contributed by atoms with van der Waals surface area (Å²) in [6.45, 7) is 2.50. The second-order valence-electron chi connectivity index (χ2n) is 6.95. The van der Waals surface area contributed by atoms with E-state index in [2.05, 4.69) is 34.5 Å². The van der Waals surface area contributed by atoms with Gasteiger partial charge in [0.15, 0.2) is 5.17 Å². The number of methoxy groups -OCH3 is 1. The van der Waals surface area contributed by atoms with Crippen LogP contribution in [-0.4, -0.2) is 34.5 Å². The van der Waals surface area contributed by atoms with Crippen molar-refractivity contribution in [2.24, 2.45) is 10.2 Å². The summed E-state index contributed by atoms with van der Waals surface area (Å²) in [5, 5.41) is 11.5. The van der Waals surface area contributed by atoms with Gasteiger partial charge in [-0.1, -0.05) is 73.3 Å². The molecule has 1 unspecified atom stereocenters. The van der Waals surface area contributed by atoms with Crippen molar-refractivity contribution in [3.05, 3.63) is 77.9 Å². The fraction of sp³-hybridized carbons (Fsp3) is 0.208. The predicted molar refractivity (Wildman–Crippen MR) is 124 cm³/mol. The van der Waals surface area contributed by atoms with E-state index in [9.17, 15) is 4.79 Å². The number of hydrogen-bond acceptors (Lipinski definition) is 5. The van der Waals surface area contributed by atoms with Crippen molar-refractivity contribution in [3.63, 3.8) is 0 Å². The van der Waals surface area contributed by atoms with Crippen LogP contribution < -0.4 is 4.74 Å². The molecule has 1 saturated heterocycles. The molecule has 30 heavy (non-hydrogen) atoms. The maximum Gasteiger partial charge on any atom is 0.242 e. The maximum absolute atomic E-state index is 13.0. The summed E-state index contributed by atoms with van der Waals surface area (Å²) >= 11 is 1.48. The van der Waals surface area contributed by atoms with Crippen molar-refractivity contribution in [2.45, 2.75) is 25.1 Å². The molecule has 152 valence electrons. The normalized spacial score (nSPS) is 18.1. The first kappa shape index (κ1) is 20.2. The number of carbonyl (C=O) groups is 1. The Morgan fingerprint density at radius 1 is 1.07 bits per heavy atom. The average Bonchev–Trinajstić information content (AvgIpc) is 3.09.